The van der Waals surface area contributed by atoms with Gasteiger partial charge in [0.15, 0.2) is 5.82 Å². The van der Waals surface area contributed by atoms with Crippen LogP contribution in [0.1, 0.15) is 34.6 Å². The molecule has 6 nitrogen and oxygen atoms in total. The Bertz CT molecular complexity index is 1300. The monoisotopic (exact) mass is 499 g/mol. The number of nitrogens with zero attached hydrogens (tertiary/aromatic N) is 2. The molecule has 0 amide bonds. The van der Waals surface area contributed by atoms with Gasteiger partial charge in [-0.05, 0) is 35.7 Å². The minimum Gasteiger partial charge on any atom is -0.493 e. The Morgan fingerprint density at radius 1 is 1.06 bits per heavy atom. The molecule has 1 aliphatic rings. The van der Waals surface area contributed by atoms with Crippen molar-refractivity contribution in [3.63, 3.8) is 0 Å². The second kappa shape index (κ2) is 9.16. The molecule has 180 valence electrons. The maximum atomic E-state index is 13.1. The summed E-state index contributed by atoms with van der Waals surface area (Å²) in [6.07, 6.45) is -2.69. The fraction of sp³-hybridized carbons (Fsp3) is 0.273. The molecule has 0 saturated carbocycles. The Hall–Kier alpha value is -3.28. The van der Waals surface area contributed by atoms with E-state index in [9.17, 15) is 30.4 Å². The lowest BCUT2D eigenvalue weighted by Gasteiger charge is -2.28. The molecule has 1 N–H and O–H groups in total. The number of hydrogen-bond acceptors (Lipinski definition) is 5. The summed E-state index contributed by atoms with van der Waals surface area (Å²) < 4.78 is 98.7. The van der Waals surface area contributed by atoms with Crippen LogP contribution in [-0.2, 0) is 22.6 Å². The summed E-state index contributed by atoms with van der Waals surface area (Å²) in [5, 5.41) is 0. The number of ether oxygens (including phenoxy) is 1. The van der Waals surface area contributed by atoms with E-state index in [1.165, 1.54) is 24.3 Å². The summed E-state index contributed by atoms with van der Waals surface area (Å²) in [5.41, 5.74) is 0.483. The van der Waals surface area contributed by atoms with Crippen LogP contribution in [0.5, 0.6) is 5.75 Å². The van der Waals surface area contributed by atoms with E-state index in [0.717, 1.165) is 24.5 Å². The zero-order chi connectivity index (χ0) is 24.5. The second-order valence-corrected chi connectivity index (χ2v) is 9.25. The smallest absolute Gasteiger partial charge is 0.416 e. The van der Waals surface area contributed by atoms with Gasteiger partial charge in [0.25, 0.3) is 10.0 Å². The first-order chi connectivity index (χ1) is 16.1. The number of nitrogens with one attached hydrogen (secondary N) is 1. The molecule has 2 aromatic carbocycles. The van der Waals surface area contributed by atoms with Crippen molar-refractivity contribution in [2.75, 3.05) is 18.0 Å². The van der Waals surface area contributed by atoms with Crippen LogP contribution in [0.3, 0.4) is 0 Å². The van der Waals surface area contributed by atoms with Crippen LogP contribution in [0.4, 0.5) is 27.9 Å². The lowest BCUT2D eigenvalue weighted by Crippen LogP contribution is -2.19. The Morgan fingerprint density at radius 2 is 1.76 bits per heavy atom. The summed E-state index contributed by atoms with van der Waals surface area (Å²) in [5.74, 6) is -1.21. The molecule has 0 bridgehead atoms. The van der Waals surface area contributed by atoms with E-state index in [1.807, 2.05) is 0 Å². The lowest BCUT2D eigenvalue weighted by molar-refractivity contribution is -0.137. The fourth-order valence-corrected chi connectivity index (χ4v) is 4.82. The van der Waals surface area contributed by atoms with Gasteiger partial charge in [0.05, 0.1) is 36.1 Å². The van der Waals surface area contributed by atoms with Crippen LogP contribution < -0.4 is 9.46 Å². The van der Waals surface area contributed by atoms with Crippen molar-refractivity contribution in [1.82, 2.24) is 9.97 Å². The quantitative estimate of drug-likeness (QED) is 0.490. The summed E-state index contributed by atoms with van der Waals surface area (Å²) in [6, 6.07) is 7.35. The molecule has 2 heterocycles. The number of halogens is 5. The maximum Gasteiger partial charge on any atom is 0.416 e. The number of aryl methyl sites for hydroxylation is 1. The van der Waals surface area contributed by atoms with Gasteiger partial charge in [-0.15, -0.1) is 0 Å². The molecular weight excluding hydrogens is 481 g/mol. The van der Waals surface area contributed by atoms with E-state index in [2.05, 4.69) is 14.7 Å². The van der Waals surface area contributed by atoms with Gasteiger partial charge in [-0.25, -0.2) is 27.5 Å². The van der Waals surface area contributed by atoms with Gasteiger partial charge < -0.3 is 4.74 Å². The molecule has 1 atom stereocenters. The van der Waals surface area contributed by atoms with Crippen LogP contribution in [0, 0.1) is 5.82 Å². The molecule has 0 aliphatic carbocycles. The molecule has 3 aromatic rings. The third kappa shape index (κ3) is 4.96. The molecule has 4 rings (SSSR count). The summed E-state index contributed by atoms with van der Waals surface area (Å²) in [4.78, 5) is 6.95. The van der Waals surface area contributed by atoms with E-state index in [-0.39, 0.29) is 35.2 Å². The number of hydrogen-bond donors (Lipinski definition) is 1. The third-order valence-corrected chi connectivity index (χ3v) is 6.72. The molecule has 0 spiro atoms. The standard InChI is InChI=1S/C22H18F5N3O3S/c23-7-5-13-9-14(22(25,26)27)1-3-17(13)18-6-8-33-20-10-16(2-4-19(18)20)34(31,32)30-21-28-11-15(24)12-29-21/h1-4,9-12,18H,5-8H2,(H,28,29,30). The largest absolute Gasteiger partial charge is 0.493 e. The number of benzene rings is 2. The normalized spacial score (nSPS) is 16.0. The first kappa shape index (κ1) is 23.9. The number of alkyl halides is 4. The molecule has 0 radical (unpaired) electrons. The summed E-state index contributed by atoms with van der Waals surface area (Å²) in [6.45, 7) is -0.634. The summed E-state index contributed by atoms with van der Waals surface area (Å²) >= 11 is 0. The van der Waals surface area contributed by atoms with Gasteiger partial charge in [0, 0.05) is 24.0 Å². The average Bonchev–Trinajstić information content (AvgIpc) is 2.79. The molecule has 34 heavy (non-hydrogen) atoms. The first-order valence-electron chi connectivity index (χ1n) is 10.1. The van der Waals surface area contributed by atoms with Crippen molar-refractivity contribution in [3.8, 4) is 5.75 Å². The number of aromatic nitrogens is 2. The molecular formula is C22H18F5N3O3S. The molecule has 0 fully saturated rings. The fourth-order valence-electron chi connectivity index (χ4n) is 3.84. The van der Waals surface area contributed by atoms with Crippen LogP contribution in [-0.4, -0.2) is 31.7 Å². The highest BCUT2D eigenvalue weighted by atomic mass is 32.2. The van der Waals surface area contributed by atoms with E-state index in [1.54, 1.807) is 0 Å². The Labute approximate surface area is 191 Å². The van der Waals surface area contributed by atoms with Crippen molar-refractivity contribution in [2.45, 2.75) is 29.8 Å². The van der Waals surface area contributed by atoms with Crippen molar-refractivity contribution < 1.29 is 35.1 Å². The third-order valence-electron chi connectivity index (χ3n) is 5.39. The van der Waals surface area contributed by atoms with E-state index in [4.69, 9.17) is 4.74 Å². The molecule has 1 unspecified atom stereocenters. The van der Waals surface area contributed by atoms with Crippen LogP contribution in [0.25, 0.3) is 0 Å². The first-order valence-corrected chi connectivity index (χ1v) is 11.6. The summed E-state index contributed by atoms with van der Waals surface area (Å²) in [7, 11) is -4.13. The molecule has 1 aliphatic heterocycles. The highest BCUT2D eigenvalue weighted by Gasteiger charge is 2.33. The van der Waals surface area contributed by atoms with E-state index < -0.39 is 40.2 Å². The van der Waals surface area contributed by atoms with Crippen molar-refractivity contribution in [2.24, 2.45) is 0 Å². The van der Waals surface area contributed by atoms with Crippen LogP contribution in [0.15, 0.2) is 53.7 Å². The maximum absolute atomic E-state index is 13.1. The lowest BCUT2D eigenvalue weighted by atomic mass is 9.83. The van der Waals surface area contributed by atoms with Gasteiger partial charge in [-0.3, -0.25) is 4.39 Å². The van der Waals surface area contributed by atoms with E-state index >= 15 is 0 Å². The second-order valence-electron chi connectivity index (χ2n) is 7.57. The van der Waals surface area contributed by atoms with Gasteiger partial charge >= 0.3 is 6.18 Å². The minimum absolute atomic E-state index is 0.170. The highest BCUT2D eigenvalue weighted by molar-refractivity contribution is 7.92. The van der Waals surface area contributed by atoms with Gasteiger partial charge in [-0.1, -0.05) is 12.1 Å². The number of fused-ring (bicyclic) bond motifs is 1. The van der Waals surface area contributed by atoms with Gasteiger partial charge in [0.1, 0.15) is 5.75 Å². The van der Waals surface area contributed by atoms with Crippen LogP contribution >= 0.6 is 0 Å². The number of sulfonamides is 1. The predicted molar refractivity (Wildman–Crippen MR) is 112 cm³/mol. The zero-order valence-corrected chi connectivity index (χ0v) is 18.3. The number of anilines is 1. The SMILES string of the molecule is O=S(=O)(Nc1ncc(F)cn1)c1ccc2c(c1)OCCC2c1ccc(C(F)(F)F)cc1CCF. The predicted octanol–water partition coefficient (Wildman–Crippen LogP) is 4.86. The zero-order valence-electron chi connectivity index (χ0n) is 17.4. The van der Waals surface area contributed by atoms with Crippen molar-refractivity contribution in [3.05, 3.63) is 76.9 Å². The minimum atomic E-state index is -4.55. The molecule has 1 aromatic heterocycles. The Kier molecular flexibility index (Phi) is 6.43. The van der Waals surface area contributed by atoms with Gasteiger partial charge in [-0.2, -0.15) is 13.2 Å². The topological polar surface area (TPSA) is 81.2 Å². The van der Waals surface area contributed by atoms with Crippen molar-refractivity contribution in [1.29, 1.82) is 0 Å². The molecule has 12 heteroatoms. The van der Waals surface area contributed by atoms with E-state index in [0.29, 0.717) is 17.5 Å². The van der Waals surface area contributed by atoms with Crippen molar-refractivity contribution >= 4 is 16.0 Å². The van der Waals surface area contributed by atoms with Gasteiger partial charge in [0.2, 0.25) is 5.95 Å². The average molecular weight is 499 g/mol. The highest BCUT2D eigenvalue weighted by Crippen LogP contribution is 2.42. The Morgan fingerprint density at radius 3 is 2.44 bits per heavy atom. The Balaban J connectivity index is 1.68. The molecule has 0 saturated heterocycles. The van der Waals surface area contributed by atoms with Crippen LogP contribution in [0.2, 0.25) is 0 Å². The number of rotatable bonds is 6.